The van der Waals surface area contributed by atoms with E-state index in [1.54, 1.807) is 10.6 Å². The van der Waals surface area contributed by atoms with Crippen LogP contribution in [0.2, 0.25) is 0 Å². The highest BCUT2D eigenvalue weighted by molar-refractivity contribution is 6.17. The summed E-state index contributed by atoms with van der Waals surface area (Å²) in [6.45, 7) is 5.91. The predicted molar refractivity (Wildman–Crippen MR) is 55.4 cm³/mol. The average molecular weight is 200 g/mol. The molecule has 0 bridgehead atoms. The SMILES string of the molecule is Cc1ccc(CCl)c(=O)n1C(C)C. The van der Waals surface area contributed by atoms with E-state index in [0.29, 0.717) is 5.56 Å². The molecule has 0 radical (unpaired) electrons. The number of nitrogens with zero attached hydrogens (tertiary/aromatic N) is 1. The largest absolute Gasteiger partial charge is 0.310 e. The molecule has 1 aromatic rings. The summed E-state index contributed by atoms with van der Waals surface area (Å²) >= 11 is 5.65. The Morgan fingerprint density at radius 1 is 1.46 bits per heavy atom. The van der Waals surface area contributed by atoms with E-state index in [-0.39, 0.29) is 17.5 Å². The summed E-state index contributed by atoms with van der Waals surface area (Å²) in [5.74, 6) is 0.284. The van der Waals surface area contributed by atoms with Crippen molar-refractivity contribution in [2.24, 2.45) is 0 Å². The summed E-state index contributed by atoms with van der Waals surface area (Å²) in [4.78, 5) is 11.7. The van der Waals surface area contributed by atoms with Crippen molar-refractivity contribution >= 4 is 11.6 Å². The molecule has 0 amide bonds. The van der Waals surface area contributed by atoms with Crippen LogP contribution in [-0.4, -0.2) is 4.57 Å². The molecular weight excluding hydrogens is 186 g/mol. The third kappa shape index (κ3) is 1.94. The average Bonchev–Trinajstić information content (AvgIpc) is 2.04. The Bertz CT molecular complexity index is 354. The van der Waals surface area contributed by atoms with Crippen molar-refractivity contribution in [2.75, 3.05) is 0 Å². The normalized spacial score (nSPS) is 10.8. The zero-order chi connectivity index (χ0) is 10.0. The zero-order valence-corrected chi connectivity index (χ0v) is 8.93. The van der Waals surface area contributed by atoms with Crippen LogP contribution in [0.25, 0.3) is 0 Å². The highest BCUT2D eigenvalue weighted by Crippen LogP contribution is 2.07. The van der Waals surface area contributed by atoms with Gasteiger partial charge in [0, 0.05) is 17.3 Å². The van der Waals surface area contributed by atoms with Crippen LogP contribution < -0.4 is 5.56 Å². The van der Waals surface area contributed by atoms with Crippen LogP contribution in [0, 0.1) is 6.92 Å². The molecule has 13 heavy (non-hydrogen) atoms. The van der Waals surface area contributed by atoms with E-state index in [0.717, 1.165) is 5.69 Å². The number of aryl methyl sites for hydroxylation is 1. The Balaban J connectivity index is 3.39. The molecule has 0 aliphatic carbocycles. The fourth-order valence-electron chi connectivity index (χ4n) is 1.43. The van der Waals surface area contributed by atoms with Crippen LogP contribution in [0.5, 0.6) is 0 Å². The minimum atomic E-state index is 0.0324. The van der Waals surface area contributed by atoms with Crippen molar-refractivity contribution in [1.82, 2.24) is 4.57 Å². The lowest BCUT2D eigenvalue weighted by Gasteiger charge is -2.14. The predicted octanol–water partition coefficient (Wildman–Crippen LogP) is 2.48. The van der Waals surface area contributed by atoms with E-state index in [1.807, 2.05) is 26.8 Å². The van der Waals surface area contributed by atoms with Crippen LogP contribution in [0.15, 0.2) is 16.9 Å². The molecule has 0 atom stereocenters. The maximum atomic E-state index is 11.7. The molecule has 0 aliphatic heterocycles. The third-order valence-corrected chi connectivity index (χ3v) is 2.35. The Morgan fingerprint density at radius 2 is 2.08 bits per heavy atom. The minimum absolute atomic E-state index is 0.0324. The summed E-state index contributed by atoms with van der Waals surface area (Å²) in [5, 5.41) is 0. The van der Waals surface area contributed by atoms with Crippen LogP contribution in [0.1, 0.15) is 31.1 Å². The molecule has 72 valence electrons. The maximum Gasteiger partial charge on any atom is 0.255 e. The monoisotopic (exact) mass is 199 g/mol. The standard InChI is InChI=1S/C10H14ClNO/c1-7(2)12-8(3)4-5-9(6-11)10(12)13/h4-5,7H,6H2,1-3H3. The van der Waals surface area contributed by atoms with Gasteiger partial charge in [-0.15, -0.1) is 11.6 Å². The highest BCUT2D eigenvalue weighted by atomic mass is 35.5. The van der Waals surface area contributed by atoms with Gasteiger partial charge >= 0.3 is 0 Å². The van der Waals surface area contributed by atoms with E-state index in [9.17, 15) is 4.79 Å². The number of hydrogen-bond donors (Lipinski definition) is 0. The molecule has 2 nitrogen and oxygen atoms in total. The van der Waals surface area contributed by atoms with Gasteiger partial charge in [0.15, 0.2) is 0 Å². The molecule has 0 aliphatic rings. The van der Waals surface area contributed by atoms with Gasteiger partial charge in [0.25, 0.3) is 5.56 Å². The molecule has 0 unspecified atom stereocenters. The third-order valence-electron chi connectivity index (χ3n) is 2.06. The second-order valence-corrected chi connectivity index (χ2v) is 3.67. The fourth-order valence-corrected chi connectivity index (χ4v) is 1.63. The van der Waals surface area contributed by atoms with Gasteiger partial charge in [0.1, 0.15) is 0 Å². The quantitative estimate of drug-likeness (QED) is 0.671. The van der Waals surface area contributed by atoms with Gasteiger partial charge in [-0.1, -0.05) is 6.07 Å². The molecule has 0 aromatic carbocycles. The van der Waals surface area contributed by atoms with Gasteiger partial charge in [-0.3, -0.25) is 4.79 Å². The summed E-state index contributed by atoms with van der Waals surface area (Å²) < 4.78 is 1.76. The first kappa shape index (κ1) is 10.3. The lowest BCUT2D eigenvalue weighted by molar-refractivity contribution is 0.559. The van der Waals surface area contributed by atoms with Gasteiger partial charge in [0.05, 0.1) is 5.88 Å². The number of halogens is 1. The number of rotatable bonds is 2. The molecule has 3 heteroatoms. The number of pyridine rings is 1. The van der Waals surface area contributed by atoms with Crippen molar-refractivity contribution in [1.29, 1.82) is 0 Å². The van der Waals surface area contributed by atoms with Gasteiger partial charge in [-0.05, 0) is 26.8 Å². The van der Waals surface area contributed by atoms with E-state index >= 15 is 0 Å². The molecule has 1 heterocycles. The lowest BCUT2D eigenvalue weighted by atomic mass is 10.2. The second-order valence-electron chi connectivity index (χ2n) is 3.40. The molecule has 0 N–H and O–H groups in total. The molecule has 1 aromatic heterocycles. The Kier molecular flexibility index (Phi) is 3.15. The van der Waals surface area contributed by atoms with E-state index in [4.69, 9.17) is 11.6 Å². The van der Waals surface area contributed by atoms with Crippen LogP contribution >= 0.6 is 11.6 Å². The van der Waals surface area contributed by atoms with Crippen molar-refractivity contribution in [3.05, 3.63) is 33.7 Å². The first-order valence-corrected chi connectivity index (χ1v) is 4.88. The fraction of sp³-hybridized carbons (Fsp3) is 0.500. The number of aromatic nitrogens is 1. The molecule has 0 fully saturated rings. The van der Waals surface area contributed by atoms with Gasteiger partial charge < -0.3 is 4.57 Å². The Labute approximate surface area is 83.2 Å². The molecule has 0 saturated heterocycles. The second kappa shape index (κ2) is 3.97. The van der Waals surface area contributed by atoms with Crippen LogP contribution in [-0.2, 0) is 5.88 Å². The number of alkyl halides is 1. The van der Waals surface area contributed by atoms with E-state index < -0.39 is 0 Å². The van der Waals surface area contributed by atoms with E-state index in [1.165, 1.54) is 0 Å². The topological polar surface area (TPSA) is 22.0 Å². The van der Waals surface area contributed by atoms with Crippen molar-refractivity contribution in [3.63, 3.8) is 0 Å². The van der Waals surface area contributed by atoms with Crippen molar-refractivity contribution in [2.45, 2.75) is 32.7 Å². The Morgan fingerprint density at radius 3 is 2.54 bits per heavy atom. The highest BCUT2D eigenvalue weighted by Gasteiger charge is 2.07. The van der Waals surface area contributed by atoms with Crippen LogP contribution in [0.3, 0.4) is 0 Å². The maximum absolute atomic E-state index is 11.7. The van der Waals surface area contributed by atoms with Gasteiger partial charge in [0.2, 0.25) is 0 Å². The van der Waals surface area contributed by atoms with Crippen LogP contribution in [0.4, 0.5) is 0 Å². The summed E-state index contributed by atoms with van der Waals surface area (Å²) in [7, 11) is 0. The minimum Gasteiger partial charge on any atom is -0.310 e. The van der Waals surface area contributed by atoms with Gasteiger partial charge in [-0.2, -0.15) is 0 Å². The number of hydrogen-bond acceptors (Lipinski definition) is 1. The molecular formula is C10H14ClNO. The Hall–Kier alpha value is -0.760. The first-order chi connectivity index (χ1) is 6.07. The van der Waals surface area contributed by atoms with Crippen molar-refractivity contribution in [3.8, 4) is 0 Å². The summed E-state index contributed by atoms with van der Waals surface area (Å²) in [5.41, 5.74) is 1.68. The molecule has 0 saturated carbocycles. The molecule has 0 spiro atoms. The van der Waals surface area contributed by atoms with E-state index in [2.05, 4.69) is 0 Å². The summed E-state index contributed by atoms with van der Waals surface area (Å²) in [6, 6.07) is 3.92. The van der Waals surface area contributed by atoms with Gasteiger partial charge in [-0.25, -0.2) is 0 Å². The van der Waals surface area contributed by atoms with Crippen molar-refractivity contribution < 1.29 is 0 Å². The zero-order valence-electron chi connectivity index (χ0n) is 8.17. The lowest BCUT2D eigenvalue weighted by Crippen LogP contribution is -2.26. The first-order valence-electron chi connectivity index (χ1n) is 4.35. The summed E-state index contributed by atoms with van der Waals surface area (Å²) in [6.07, 6.45) is 0. The molecule has 1 rings (SSSR count). The smallest absolute Gasteiger partial charge is 0.255 e.